The highest BCUT2D eigenvalue weighted by atomic mass is 16.3. The Bertz CT molecular complexity index is 842. The van der Waals surface area contributed by atoms with Crippen LogP contribution in [-0.2, 0) is 0 Å². The summed E-state index contributed by atoms with van der Waals surface area (Å²) < 4.78 is 5.82. The molecule has 0 atom stereocenters. The average Bonchev–Trinajstić information content (AvgIpc) is 2.43. The Morgan fingerprint density at radius 2 is 1.70 bits per heavy atom. The van der Waals surface area contributed by atoms with Crippen molar-refractivity contribution < 1.29 is 9.52 Å². The molecule has 0 aliphatic rings. The lowest BCUT2D eigenvalue weighted by molar-refractivity contribution is 0.479. The van der Waals surface area contributed by atoms with Crippen LogP contribution in [0, 0.1) is 13.8 Å². The molecule has 3 nitrogen and oxygen atoms in total. The fraction of sp³-hybridized carbons (Fsp3) is 0.118. The molecule has 1 N–H and O–H groups in total. The molecule has 0 bridgehead atoms. The van der Waals surface area contributed by atoms with Crippen LogP contribution in [0.2, 0.25) is 0 Å². The van der Waals surface area contributed by atoms with Crippen LogP contribution in [0.1, 0.15) is 11.1 Å². The number of benzene rings is 2. The monoisotopic (exact) mass is 266 g/mol. The molecule has 100 valence electrons. The molecule has 0 saturated carbocycles. The Hall–Kier alpha value is -2.55. The van der Waals surface area contributed by atoms with E-state index in [0.29, 0.717) is 11.3 Å². The van der Waals surface area contributed by atoms with Crippen molar-refractivity contribution in [1.82, 2.24) is 0 Å². The van der Waals surface area contributed by atoms with Gasteiger partial charge in [-0.1, -0.05) is 35.9 Å². The van der Waals surface area contributed by atoms with E-state index in [1.54, 1.807) is 6.07 Å². The van der Waals surface area contributed by atoms with E-state index in [1.807, 2.05) is 38.1 Å². The van der Waals surface area contributed by atoms with Gasteiger partial charge in [-0.15, -0.1) is 0 Å². The molecule has 0 amide bonds. The zero-order valence-corrected chi connectivity index (χ0v) is 11.3. The second kappa shape index (κ2) is 4.53. The lowest BCUT2D eigenvalue weighted by Crippen LogP contribution is -2.01. The maximum absolute atomic E-state index is 12.2. The Morgan fingerprint density at radius 3 is 2.40 bits per heavy atom. The number of aromatic hydroxyl groups is 1. The number of aryl methyl sites for hydroxylation is 2. The van der Waals surface area contributed by atoms with E-state index in [2.05, 4.69) is 0 Å². The number of hydrogen-bond acceptors (Lipinski definition) is 3. The van der Waals surface area contributed by atoms with Crippen molar-refractivity contribution in [3.8, 4) is 17.1 Å². The summed E-state index contributed by atoms with van der Waals surface area (Å²) in [4.78, 5) is 12.2. The molecule has 3 heteroatoms. The number of hydrogen-bond donors (Lipinski definition) is 1. The summed E-state index contributed by atoms with van der Waals surface area (Å²) in [7, 11) is 0. The van der Waals surface area contributed by atoms with E-state index in [-0.39, 0.29) is 16.6 Å². The molecule has 1 heterocycles. The normalized spacial score (nSPS) is 10.9. The molecule has 0 saturated heterocycles. The first-order valence-electron chi connectivity index (χ1n) is 6.40. The van der Waals surface area contributed by atoms with Crippen molar-refractivity contribution in [3.05, 3.63) is 63.8 Å². The van der Waals surface area contributed by atoms with Gasteiger partial charge in [-0.3, -0.25) is 4.79 Å². The summed E-state index contributed by atoms with van der Waals surface area (Å²) in [6, 6.07) is 12.4. The van der Waals surface area contributed by atoms with Crippen LogP contribution in [0.15, 0.2) is 51.7 Å². The van der Waals surface area contributed by atoms with Gasteiger partial charge in [0, 0.05) is 11.6 Å². The predicted octanol–water partition coefficient (Wildman–Crippen LogP) is 3.78. The summed E-state index contributed by atoms with van der Waals surface area (Å²) in [5.41, 5.74) is 3.02. The van der Waals surface area contributed by atoms with Crippen molar-refractivity contribution >= 4 is 11.0 Å². The van der Waals surface area contributed by atoms with E-state index in [9.17, 15) is 9.90 Å². The van der Waals surface area contributed by atoms with Crippen molar-refractivity contribution in [1.29, 1.82) is 0 Å². The topological polar surface area (TPSA) is 50.4 Å². The van der Waals surface area contributed by atoms with Crippen LogP contribution in [0.4, 0.5) is 0 Å². The van der Waals surface area contributed by atoms with E-state index < -0.39 is 0 Å². The van der Waals surface area contributed by atoms with Crippen LogP contribution in [0.3, 0.4) is 0 Å². The molecule has 20 heavy (non-hydrogen) atoms. The Labute approximate surface area is 116 Å². The number of rotatable bonds is 1. The van der Waals surface area contributed by atoms with Crippen LogP contribution >= 0.6 is 0 Å². The Balaban J connectivity index is 2.32. The number of fused-ring (bicyclic) bond motifs is 1. The molecule has 0 fully saturated rings. The van der Waals surface area contributed by atoms with Gasteiger partial charge in [-0.05, 0) is 25.5 Å². The summed E-state index contributed by atoms with van der Waals surface area (Å²) in [6.07, 6.45) is 0. The smallest absolute Gasteiger partial charge is 0.197 e. The number of phenolic OH excluding ortho intramolecular Hbond substituents is 1. The first-order valence-corrected chi connectivity index (χ1v) is 6.40. The third-order valence-electron chi connectivity index (χ3n) is 3.39. The highest BCUT2D eigenvalue weighted by Crippen LogP contribution is 2.28. The van der Waals surface area contributed by atoms with Gasteiger partial charge in [-0.25, -0.2) is 0 Å². The lowest BCUT2D eigenvalue weighted by Gasteiger charge is -2.06. The van der Waals surface area contributed by atoms with Crippen LogP contribution in [-0.4, -0.2) is 5.11 Å². The van der Waals surface area contributed by atoms with Crippen LogP contribution in [0.5, 0.6) is 5.75 Å². The fourth-order valence-electron chi connectivity index (χ4n) is 2.24. The average molecular weight is 266 g/mol. The molecule has 0 unspecified atom stereocenters. The van der Waals surface area contributed by atoms with Gasteiger partial charge in [0.05, 0.1) is 0 Å². The number of phenols is 1. The summed E-state index contributed by atoms with van der Waals surface area (Å²) in [5, 5.41) is 10.1. The van der Waals surface area contributed by atoms with Crippen LogP contribution in [0.25, 0.3) is 22.3 Å². The standard InChI is InChI=1S/C17H14O3/c1-10-3-6-12(7-4-10)15-9-14(19)16-13(18)8-5-11(2)17(16)20-15/h3-9,18H,1-2H3. The first kappa shape index (κ1) is 12.5. The second-order valence-electron chi connectivity index (χ2n) is 4.95. The maximum atomic E-state index is 12.2. The second-order valence-corrected chi connectivity index (χ2v) is 4.95. The van der Waals surface area contributed by atoms with E-state index >= 15 is 0 Å². The van der Waals surface area contributed by atoms with E-state index in [4.69, 9.17) is 4.42 Å². The van der Waals surface area contributed by atoms with Crippen molar-refractivity contribution in [2.75, 3.05) is 0 Å². The van der Waals surface area contributed by atoms with Crippen molar-refractivity contribution in [3.63, 3.8) is 0 Å². The molecule has 0 radical (unpaired) electrons. The zero-order valence-electron chi connectivity index (χ0n) is 11.3. The predicted molar refractivity (Wildman–Crippen MR) is 79.1 cm³/mol. The molecular formula is C17H14O3. The van der Waals surface area contributed by atoms with Gasteiger partial charge < -0.3 is 9.52 Å². The third-order valence-corrected chi connectivity index (χ3v) is 3.39. The van der Waals surface area contributed by atoms with Crippen molar-refractivity contribution in [2.45, 2.75) is 13.8 Å². The van der Waals surface area contributed by atoms with Crippen LogP contribution < -0.4 is 5.43 Å². The lowest BCUT2D eigenvalue weighted by atomic mass is 10.1. The SMILES string of the molecule is Cc1ccc(-c2cc(=O)c3c(O)ccc(C)c3o2)cc1. The summed E-state index contributed by atoms with van der Waals surface area (Å²) in [6.45, 7) is 3.85. The molecule has 2 aromatic carbocycles. The van der Waals surface area contributed by atoms with E-state index in [1.165, 1.54) is 12.1 Å². The summed E-state index contributed by atoms with van der Waals surface area (Å²) in [5.74, 6) is 0.464. The Kier molecular flexibility index (Phi) is 2.83. The summed E-state index contributed by atoms with van der Waals surface area (Å²) >= 11 is 0. The highest BCUT2D eigenvalue weighted by molar-refractivity contribution is 5.86. The fourth-order valence-corrected chi connectivity index (χ4v) is 2.24. The van der Waals surface area contributed by atoms with Gasteiger partial charge >= 0.3 is 0 Å². The van der Waals surface area contributed by atoms with Gasteiger partial charge in [0.1, 0.15) is 22.5 Å². The first-order chi connectivity index (χ1) is 9.56. The molecule has 3 aromatic rings. The van der Waals surface area contributed by atoms with Gasteiger partial charge in [0.25, 0.3) is 0 Å². The Morgan fingerprint density at radius 1 is 1.00 bits per heavy atom. The molecular weight excluding hydrogens is 252 g/mol. The molecule has 0 aliphatic heterocycles. The minimum absolute atomic E-state index is 0.0465. The zero-order chi connectivity index (χ0) is 14.3. The van der Waals surface area contributed by atoms with Crippen molar-refractivity contribution in [2.24, 2.45) is 0 Å². The maximum Gasteiger partial charge on any atom is 0.197 e. The third kappa shape index (κ3) is 1.97. The highest BCUT2D eigenvalue weighted by Gasteiger charge is 2.12. The van der Waals surface area contributed by atoms with Gasteiger partial charge in [0.15, 0.2) is 5.43 Å². The van der Waals surface area contributed by atoms with E-state index in [0.717, 1.165) is 16.7 Å². The molecule has 3 rings (SSSR count). The molecule has 1 aromatic heterocycles. The largest absolute Gasteiger partial charge is 0.507 e. The quantitative estimate of drug-likeness (QED) is 0.729. The minimum Gasteiger partial charge on any atom is -0.507 e. The van der Waals surface area contributed by atoms with Gasteiger partial charge in [-0.2, -0.15) is 0 Å². The molecule has 0 spiro atoms. The molecule has 0 aliphatic carbocycles. The minimum atomic E-state index is -0.233. The van der Waals surface area contributed by atoms with Gasteiger partial charge in [0.2, 0.25) is 0 Å².